The van der Waals surface area contributed by atoms with Crippen molar-refractivity contribution in [2.75, 3.05) is 24.2 Å². The number of benzene rings is 1. The van der Waals surface area contributed by atoms with E-state index in [-0.39, 0.29) is 5.84 Å². The summed E-state index contributed by atoms with van der Waals surface area (Å²) >= 11 is 1.62. The molecular weight excluding hydrogens is 270 g/mol. The molecule has 1 aromatic rings. The van der Waals surface area contributed by atoms with Gasteiger partial charge in [0.2, 0.25) is 0 Å². The molecule has 0 aliphatic carbocycles. The monoisotopic (exact) mass is 293 g/mol. The van der Waals surface area contributed by atoms with Gasteiger partial charge in [-0.25, -0.2) is 0 Å². The Balaban J connectivity index is 2.37. The van der Waals surface area contributed by atoms with Crippen molar-refractivity contribution in [2.45, 2.75) is 31.6 Å². The molecule has 0 spiro atoms. The van der Waals surface area contributed by atoms with E-state index in [0.29, 0.717) is 5.41 Å². The Morgan fingerprint density at radius 1 is 1.35 bits per heavy atom. The topological polar surface area (TPSA) is 61.8 Å². The molecule has 0 aromatic heterocycles. The molecule has 1 fully saturated rings. The van der Waals surface area contributed by atoms with Gasteiger partial charge in [-0.3, -0.25) is 0 Å². The summed E-state index contributed by atoms with van der Waals surface area (Å²) in [5.41, 5.74) is 8.22. The summed E-state index contributed by atoms with van der Waals surface area (Å²) in [6.45, 7) is 6.65. The normalized spacial score (nSPS) is 19.1. The number of piperidine rings is 1. The largest absolute Gasteiger partial charge is 0.409 e. The fourth-order valence-corrected chi connectivity index (χ4v) is 3.24. The Hall–Kier alpha value is -1.36. The van der Waals surface area contributed by atoms with Gasteiger partial charge in [0.15, 0.2) is 5.84 Å². The van der Waals surface area contributed by atoms with E-state index in [1.165, 1.54) is 0 Å². The van der Waals surface area contributed by atoms with E-state index in [1.54, 1.807) is 11.8 Å². The Bertz CT molecular complexity index is 504. The molecule has 0 atom stereocenters. The van der Waals surface area contributed by atoms with Crippen molar-refractivity contribution >= 4 is 23.3 Å². The number of hydrogen-bond donors (Lipinski definition) is 2. The zero-order valence-electron chi connectivity index (χ0n) is 12.4. The molecule has 1 heterocycles. The standard InChI is InChI=1S/C15H23N3OS/c1-15(2)7-9-18(10-8-15)11-5-4-6-12(20-3)13(11)14(16)17-19/h4-6,19H,7-10H2,1-3H3,(H2,16,17). The molecule has 5 heteroatoms. The molecule has 3 N–H and O–H groups in total. The molecule has 0 unspecified atom stereocenters. The summed E-state index contributed by atoms with van der Waals surface area (Å²) in [5, 5.41) is 12.3. The van der Waals surface area contributed by atoms with Crippen LogP contribution in [0.2, 0.25) is 0 Å². The SMILES string of the molecule is CSc1cccc(N2CCC(C)(C)CC2)c1/C(N)=N/O. The first-order chi connectivity index (χ1) is 9.48. The Labute approximate surface area is 125 Å². The third kappa shape index (κ3) is 3.03. The van der Waals surface area contributed by atoms with Gasteiger partial charge in [-0.15, -0.1) is 11.8 Å². The smallest absolute Gasteiger partial charge is 0.173 e. The fraction of sp³-hybridized carbons (Fsp3) is 0.533. The first-order valence-electron chi connectivity index (χ1n) is 6.88. The van der Waals surface area contributed by atoms with Crippen LogP contribution in [0.3, 0.4) is 0 Å². The molecular formula is C15H23N3OS. The lowest BCUT2D eigenvalue weighted by molar-refractivity contribution is 0.279. The molecule has 110 valence electrons. The second-order valence-electron chi connectivity index (χ2n) is 5.99. The number of amidine groups is 1. The molecule has 20 heavy (non-hydrogen) atoms. The molecule has 0 bridgehead atoms. The zero-order valence-corrected chi connectivity index (χ0v) is 13.2. The Kier molecular flexibility index (Phi) is 4.48. The molecule has 1 saturated heterocycles. The number of nitrogens with zero attached hydrogens (tertiary/aromatic N) is 2. The van der Waals surface area contributed by atoms with Crippen molar-refractivity contribution in [3.8, 4) is 0 Å². The number of thioether (sulfide) groups is 1. The molecule has 1 aromatic carbocycles. The number of oxime groups is 1. The van der Waals surface area contributed by atoms with Crippen LogP contribution in [0.25, 0.3) is 0 Å². The average molecular weight is 293 g/mol. The van der Waals surface area contributed by atoms with Crippen molar-refractivity contribution in [1.29, 1.82) is 0 Å². The Morgan fingerprint density at radius 2 is 2.00 bits per heavy atom. The van der Waals surface area contributed by atoms with Gasteiger partial charge in [0, 0.05) is 23.7 Å². The summed E-state index contributed by atoms with van der Waals surface area (Å²) in [4.78, 5) is 3.39. The van der Waals surface area contributed by atoms with Crippen molar-refractivity contribution in [2.24, 2.45) is 16.3 Å². The second-order valence-corrected chi connectivity index (χ2v) is 6.84. The van der Waals surface area contributed by atoms with Crippen LogP contribution in [0, 0.1) is 5.41 Å². The van der Waals surface area contributed by atoms with Crippen LogP contribution in [0.15, 0.2) is 28.3 Å². The number of anilines is 1. The lowest BCUT2D eigenvalue weighted by Gasteiger charge is -2.39. The third-order valence-corrected chi connectivity index (χ3v) is 4.83. The summed E-state index contributed by atoms with van der Waals surface area (Å²) in [7, 11) is 0. The first-order valence-corrected chi connectivity index (χ1v) is 8.11. The van der Waals surface area contributed by atoms with Gasteiger partial charge in [0.1, 0.15) is 0 Å². The van der Waals surface area contributed by atoms with Crippen molar-refractivity contribution in [3.63, 3.8) is 0 Å². The highest BCUT2D eigenvalue weighted by Gasteiger charge is 2.27. The van der Waals surface area contributed by atoms with Crippen LogP contribution >= 0.6 is 11.8 Å². The molecule has 2 rings (SSSR count). The lowest BCUT2D eigenvalue weighted by atomic mass is 9.82. The minimum atomic E-state index is 0.190. The van der Waals surface area contributed by atoms with E-state index in [9.17, 15) is 0 Å². The van der Waals surface area contributed by atoms with Crippen LogP contribution in [-0.4, -0.2) is 30.4 Å². The maximum Gasteiger partial charge on any atom is 0.173 e. The van der Waals surface area contributed by atoms with Crippen molar-refractivity contribution < 1.29 is 5.21 Å². The summed E-state index contributed by atoms with van der Waals surface area (Å²) < 4.78 is 0. The van der Waals surface area contributed by atoms with E-state index in [1.807, 2.05) is 18.4 Å². The zero-order chi connectivity index (χ0) is 14.8. The number of nitrogens with two attached hydrogens (primary N) is 1. The predicted molar refractivity (Wildman–Crippen MR) is 86.0 cm³/mol. The van der Waals surface area contributed by atoms with E-state index < -0.39 is 0 Å². The van der Waals surface area contributed by atoms with E-state index in [4.69, 9.17) is 10.9 Å². The van der Waals surface area contributed by atoms with Crippen LogP contribution < -0.4 is 10.6 Å². The number of rotatable bonds is 3. The Morgan fingerprint density at radius 3 is 2.55 bits per heavy atom. The highest BCUT2D eigenvalue weighted by atomic mass is 32.2. The van der Waals surface area contributed by atoms with Gasteiger partial charge in [0.05, 0.1) is 5.56 Å². The predicted octanol–water partition coefficient (Wildman–Crippen LogP) is 3.13. The molecule has 0 radical (unpaired) electrons. The summed E-state index contributed by atoms with van der Waals surface area (Å²) in [5.74, 6) is 0.190. The maximum atomic E-state index is 9.05. The van der Waals surface area contributed by atoms with Gasteiger partial charge in [0.25, 0.3) is 0 Å². The highest BCUT2D eigenvalue weighted by molar-refractivity contribution is 7.98. The maximum absolute atomic E-state index is 9.05. The van der Waals surface area contributed by atoms with Gasteiger partial charge in [-0.1, -0.05) is 25.1 Å². The molecule has 0 amide bonds. The van der Waals surface area contributed by atoms with E-state index >= 15 is 0 Å². The minimum absolute atomic E-state index is 0.190. The third-order valence-electron chi connectivity index (χ3n) is 4.05. The fourth-order valence-electron chi connectivity index (χ4n) is 2.61. The summed E-state index contributed by atoms with van der Waals surface area (Å²) in [6.07, 6.45) is 4.32. The van der Waals surface area contributed by atoms with Gasteiger partial charge in [-0.2, -0.15) is 0 Å². The molecule has 0 saturated carbocycles. The summed E-state index contributed by atoms with van der Waals surface area (Å²) in [6, 6.07) is 6.11. The van der Waals surface area contributed by atoms with Crippen molar-refractivity contribution in [1.82, 2.24) is 0 Å². The van der Waals surface area contributed by atoms with Crippen molar-refractivity contribution in [3.05, 3.63) is 23.8 Å². The molecule has 4 nitrogen and oxygen atoms in total. The van der Waals surface area contributed by atoms with Gasteiger partial charge in [-0.05, 0) is 36.6 Å². The van der Waals surface area contributed by atoms with Crippen LogP contribution in [-0.2, 0) is 0 Å². The number of hydrogen-bond acceptors (Lipinski definition) is 4. The van der Waals surface area contributed by atoms with Gasteiger partial charge >= 0.3 is 0 Å². The lowest BCUT2D eigenvalue weighted by Crippen LogP contribution is -2.38. The van der Waals surface area contributed by atoms with E-state index in [0.717, 1.165) is 42.1 Å². The van der Waals surface area contributed by atoms with E-state index in [2.05, 4.69) is 30.0 Å². The molecule has 1 aliphatic rings. The minimum Gasteiger partial charge on any atom is -0.409 e. The second kappa shape index (κ2) is 5.95. The average Bonchev–Trinajstić information content (AvgIpc) is 2.45. The van der Waals surface area contributed by atoms with Gasteiger partial charge < -0.3 is 15.8 Å². The first kappa shape index (κ1) is 15.0. The highest BCUT2D eigenvalue weighted by Crippen LogP contribution is 2.35. The molecule has 1 aliphatic heterocycles. The van der Waals surface area contributed by atoms with Crippen LogP contribution in [0.4, 0.5) is 5.69 Å². The van der Waals surface area contributed by atoms with Crippen LogP contribution in [0.1, 0.15) is 32.3 Å². The quantitative estimate of drug-likeness (QED) is 0.295. The van der Waals surface area contributed by atoms with Crippen LogP contribution in [0.5, 0.6) is 0 Å².